The summed E-state index contributed by atoms with van der Waals surface area (Å²) in [7, 11) is 0. The summed E-state index contributed by atoms with van der Waals surface area (Å²) < 4.78 is 33.7. The van der Waals surface area contributed by atoms with E-state index in [-0.39, 0.29) is 18.2 Å². The first-order valence-electron chi connectivity index (χ1n) is 6.62. The van der Waals surface area contributed by atoms with Crippen LogP contribution in [0.5, 0.6) is 5.75 Å². The van der Waals surface area contributed by atoms with Gasteiger partial charge in [0.15, 0.2) is 0 Å². The Morgan fingerprint density at radius 1 is 1.43 bits per heavy atom. The van der Waals surface area contributed by atoms with Gasteiger partial charge in [0, 0.05) is 19.1 Å². The van der Waals surface area contributed by atoms with E-state index in [4.69, 9.17) is 9.84 Å². The van der Waals surface area contributed by atoms with E-state index in [9.17, 15) is 13.6 Å². The minimum absolute atomic E-state index is 0.0204. The van der Waals surface area contributed by atoms with Crippen molar-refractivity contribution in [3.63, 3.8) is 0 Å². The highest BCUT2D eigenvalue weighted by atomic mass is 19.3. The monoisotopic (exact) mass is 301 g/mol. The summed E-state index contributed by atoms with van der Waals surface area (Å²) in [6.07, 6.45) is 0.0204. The van der Waals surface area contributed by atoms with Crippen LogP contribution in [-0.4, -0.2) is 48.4 Å². The number of aliphatic carboxylic acids is 1. The summed E-state index contributed by atoms with van der Waals surface area (Å²) in [5, 5.41) is 8.90. The molecule has 5 nitrogen and oxygen atoms in total. The van der Waals surface area contributed by atoms with Crippen molar-refractivity contribution in [2.75, 3.05) is 19.8 Å². The smallest absolute Gasteiger partial charge is 0.387 e. The minimum atomic E-state index is -2.84. The third-order valence-electron chi connectivity index (χ3n) is 3.29. The summed E-state index contributed by atoms with van der Waals surface area (Å²) in [5.41, 5.74) is 0.911. The lowest BCUT2D eigenvalue weighted by molar-refractivity contribution is -0.140. The second kappa shape index (κ2) is 7.33. The van der Waals surface area contributed by atoms with E-state index >= 15 is 0 Å². The molecule has 0 spiro atoms. The highest BCUT2D eigenvalue weighted by Gasteiger charge is 2.25. The quantitative estimate of drug-likeness (QED) is 0.870. The fourth-order valence-corrected chi connectivity index (χ4v) is 2.30. The lowest BCUT2D eigenvalue weighted by Crippen LogP contribution is -2.45. The molecule has 1 fully saturated rings. The molecule has 1 aliphatic heterocycles. The Kier molecular flexibility index (Phi) is 5.46. The van der Waals surface area contributed by atoms with E-state index in [2.05, 4.69) is 4.74 Å². The van der Waals surface area contributed by atoms with E-state index in [1.165, 1.54) is 12.1 Å². The highest BCUT2D eigenvalue weighted by molar-refractivity contribution is 5.67. The third-order valence-corrected chi connectivity index (χ3v) is 3.29. The van der Waals surface area contributed by atoms with E-state index < -0.39 is 12.6 Å². The van der Waals surface area contributed by atoms with Crippen LogP contribution < -0.4 is 4.74 Å². The zero-order chi connectivity index (χ0) is 15.2. The first kappa shape index (κ1) is 15.7. The van der Waals surface area contributed by atoms with Gasteiger partial charge in [-0.15, -0.1) is 0 Å². The second-order valence-electron chi connectivity index (χ2n) is 4.82. The number of hydrogen-bond donors (Lipinski definition) is 1. The zero-order valence-electron chi connectivity index (χ0n) is 11.4. The molecule has 7 heteroatoms. The maximum absolute atomic E-state index is 12.1. The lowest BCUT2D eigenvalue weighted by atomic mass is 10.1. The molecule has 0 amide bonds. The fraction of sp³-hybridized carbons (Fsp3) is 0.500. The average molecular weight is 301 g/mol. The van der Waals surface area contributed by atoms with Crippen LogP contribution in [-0.2, 0) is 16.1 Å². The number of carboxylic acid groups (broad SMARTS) is 1. The van der Waals surface area contributed by atoms with Crippen LogP contribution in [0.25, 0.3) is 0 Å². The summed E-state index contributed by atoms with van der Waals surface area (Å²) >= 11 is 0. The number of hydrogen-bond acceptors (Lipinski definition) is 4. The van der Waals surface area contributed by atoms with Crippen LogP contribution in [0.15, 0.2) is 24.3 Å². The van der Waals surface area contributed by atoms with Crippen molar-refractivity contribution in [2.24, 2.45) is 0 Å². The van der Waals surface area contributed by atoms with E-state index in [1.54, 1.807) is 12.1 Å². The number of ether oxygens (including phenoxy) is 2. The first-order valence-corrected chi connectivity index (χ1v) is 6.62. The molecule has 1 aliphatic rings. The molecule has 0 aromatic heterocycles. The summed E-state index contributed by atoms with van der Waals surface area (Å²) in [6, 6.07) is 6.19. The first-order chi connectivity index (χ1) is 10.0. The molecule has 0 aliphatic carbocycles. The van der Waals surface area contributed by atoms with Crippen molar-refractivity contribution in [3.8, 4) is 5.75 Å². The Hall–Kier alpha value is -1.73. The maximum Gasteiger partial charge on any atom is 0.387 e. The molecule has 1 aromatic carbocycles. The van der Waals surface area contributed by atoms with Crippen LogP contribution in [0.3, 0.4) is 0 Å². The topological polar surface area (TPSA) is 59.0 Å². The highest BCUT2D eigenvalue weighted by Crippen LogP contribution is 2.18. The number of rotatable bonds is 6. The molecule has 1 heterocycles. The van der Waals surface area contributed by atoms with E-state index in [0.717, 1.165) is 5.56 Å². The number of alkyl halides is 2. The van der Waals surface area contributed by atoms with Crippen LogP contribution in [0.1, 0.15) is 12.0 Å². The van der Waals surface area contributed by atoms with Gasteiger partial charge in [-0.05, 0) is 17.7 Å². The van der Waals surface area contributed by atoms with Crippen LogP contribution in [0.4, 0.5) is 8.78 Å². The van der Waals surface area contributed by atoms with Crippen LogP contribution >= 0.6 is 0 Å². The molecule has 2 rings (SSSR count). The normalized spacial score (nSPS) is 19.7. The summed E-state index contributed by atoms with van der Waals surface area (Å²) in [5.74, 6) is -0.756. The Balaban J connectivity index is 1.96. The van der Waals surface area contributed by atoms with Gasteiger partial charge in [-0.2, -0.15) is 8.78 Å². The van der Waals surface area contributed by atoms with Gasteiger partial charge in [-0.3, -0.25) is 9.69 Å². The fourth-order valence-electron chi connectivity index (χ4n) is 2.30. The summed E-state index contributed by atoms with van der Waals surface area (Å²) in [6.45, 7) is -0.694. The second-order valence-corrected chi connectivity index (χ2v) is 4.82. The predicted octanol–water partition coefficient (Wildman–Crippen LogP) is 1.96. The largest absolute Gasteiger partial charge is 0.481 e. The number of carbonyl (C=O) groups is 1. The van der Waals surface area contributed by atoms with Crippen molar-refractivity contribution < 1.29 is 28.2 Å². The molecule has 1 N–H and O–H groups in total. The maximum atomic E-state index is 12.1. The van der Waals surface area contributed by atoms with E-state index in [1.807, 2.05) is 4.90 Å². The average Bonchev–Trinajstić information content (AvgIpc) is 2.42. The minimum Gasteiger partial charge on any atom is -0.481 e. The van der Waals surface area contributed by atoms with Gasteiger partial charge >= 0.3 is 12.6 Å². The molecule has 0 radical (unpaired) electrons. The molecule has 0 unspecified atom stereocenters. The van der Waals surface area contributed by atoms with Crippen molar-refractivity contribution in [1.82, 2.24) is 4.90 Å². The van der Waals surface area contributed by atoms with Crippen molar-refractivity contribution in [1.29, 1.82) is 0 Å². The van der Waals surface area contributed by atoms with Gasteiger partial charge in [0.25, 0.3) is 0 Å². The molecule has 1 atom stereocenters. The number of benzene rings is 1. The lowest BCUT2D eigenvalue weighted by Gasteiger charge is -2.34. The SMILES string of the molecule is O=C(O)C[C@H]1COCCN1Cc1ccc(OC(F)F)cc1. The Labute approximate surface area is 121 Å². The number of morpholine rings is 1. The van der Waals surface area contributed by atoms with Crippen molar-refractivity contribution in [3.05, 3.63) is 29.8 Å². The molecule has 0 saturated carbocycles. The Morgan fingerprint density at radius 3 is 2.76 bits per heavy atom. The zero-order valence-corrected chi connectivity index (χ0v) is 11.4. The number of halogens is 2. The third kappa shape index (κ3) is 4.95. The molecule has 116 valence electrons. The van der Waals surface area contributed by atoms with Gasteiger partial charge < -0.3 is 14.6 Å². The van der Waals surface area contributed by atoms with Crippen molar-refractivity contribution in [2.45, 2.75) is 25.6 Å². The number of nitrogens with zero attached hydrogens (tertiary/aromatic N) is 1. The van der Waals surface area contributed by atoms with Gasteiger partial charge in [0.1, 0.15) is 5.75 Å². The van der Waals surface area contributed by atoms with E-state index in [0.29, 0.717) is 26.3 Å². The Bertz CT molecular complexity index is 467. The molecular formula is C14H17F2NO4. The predicted molar refractivity (Wildman–Crippen MR) is 70.3 cm³/mol. The molecular weight excluding hydrogens is 284 g/mol. The Morgan fingerprint density at radius 2 is 2.14 bits per heavy atom. The van der Waals surface area contributed by atoms with Gasteiger partial charge in [0.2, 0.25) is 0 Å². The van der Waals surface area contributed by atoms with Crippen molar-refractivity contribution >= 4 is 5.97 Å². The molecule has 1 aromatic rings. The van der Waals surface area contributed by atoms with Crippen LogP contribution in [0.2, 0.25) is 0 Å². The standard InChI is InChI=1S/C14H17F2NO4/c15-14(16)21-12-3-1-10(2-4-12)8-17-5-6-20-9-11(17)7-13(18)19/h1-4,11,14H,5-9H2,(H,18,19)/t11-/m0/s1. The van der Waals surface area contributed by atoms with Gasteiger partial charge in [-0.1, -0.05) is 12.1 Å². The van der Waals surface area contributed by atoms with Gasteiger partial charge in [-0.25, -0.2) is 0 Å². The molecule has 0 bridgehead atoms. The van der Waals surface area contributed by atoms with Crippen LogP contribution in [0, 0.1) is 0 Å². The number of carboxylic acids is 1. The summed E-state index contributed by atoms with van der Waals surface area (Å²) in [4.78, 5) is 12.9. The van der Waals surface area contributed by atoms with Gasteiger partial charge in [0.05, 0.1) is 19.6 Å². The molecule has 1 saturated heterocycles. The molecule has 21 heavy (non-hydrogen) atoms.